The van der Waals surface area contributed by atoms with Crippen LogP contribution in [0.1, 0.15) is 41.2 Å². The monoisotopic (exact) mass is 394 g/mol. The fourth-order valence-corrected chi connectivity index (χ4v) is 3.07. The molecule has 0 aliphatic carbocycles. The van der Waals surface area contributed by atoms with Crippen molar-refractivity contribution in [2.24, 2.45) is 0 Å². The molecule has 0 fully saturated rings. The Bertz CT molecular complexity index is 763. The second kappa shape index (κ2) is 10.2. The maximum Gasteiger partial charge on any atom is 0.272 e. The molecule has 0 saturated heterocycles. The Kier molecular flexibility index (Phi) is 7.94. The maximum atomic E-state index is 12.4. The molecule has 7 nitrogen and oxygen atoms in total. The number of fused-ring (bicyclic) bond motifs is 1. The van der Waals surface area contributed by atoms with Gasteiger partial charge in [-0.05, 0) is 38.0 Å². The lowest BCUT2D eigenvalue weighted by Crippen LogP contribution is -2.29. The van der Waals surface area contributed by atoms with Gasteiger partial charge in [-0.25, -0.2) is 0 Å². The minimum absolute atomic E-state index is 0. The zero-order valence-corrected chi connectivity index (χ0v) is 16.6. The lowest BCUT2D eigenvalue weighted by atomic mass is 10.1. The molecule has 1 aliphatic heterocycles. The Morgan fingerprint density at radius 2 is 2.00 bits per heavy atom. The Balaban J connectivity index is 0.00000261. The number of nitrogens with zero attached hydrogens (tertiary/aromatic N) is 1. The molecular weight excluding hydrogens is 368 g/mol. The number of rotatable bonds is 8. The lowest BCUT2D eigenvalue weighted by molar-refractivity contribution is 0.0948. The van der Waals surface area contributed by atoms with Crippen LogP contribution in [0.25, 0.3) is 0 Å². The van der Waals surface area contributed by atoms with E-state index in [0.717, 1.165) is 41.3 Å². The summed E-state index contributed by atoms with van der Waals surface area (Å²) in [7, 11) is 0. The smallest absolute Gasteiger partial charge is 0.272 e. The Hall–Kier alpha value is -2.25. The van der Waals surface area contributed by atoms with E-state index in [2.05, 4.69) is 20.8 Å². The predicted octanol–water partition coefficient (Wildman–Crippen LogP) is 2.25. The zero-order chi connectivity index (χ0) is 18.4. The van der Waals surface area contributed by atoms with Crippen LogP contribution in [0.15, 0.2) is 18.2 Å². The van der Waals surface area contributed by atoms with Crippen LogP contribution in [-0.4, -0.2) is 42.4 Å². The number of carbonyl (C=O) groups excluding carboxylic acids is 1. The maximum absolute atomic E-state index is 12.4. The molecule has 148 valence electrons. The third-order valence-corrected chi connectivity index (χ3v) is 4.33. The molecule has 8 heteroatoms. The number of aromatic amines is 1. The first kappa shape index (κ1) is 21.1. The van der Waals surface area contributed by atoms with Crippen molar-refractivity contribution in [3.8, 4) is 11.5 Å². The molecule has 1 aromatic heterocycles. The standard InChI is InChI=1S/C19H26N4O3.ClH/c1-3-25-16-6-5-13(11-17(16)26-4-2)7-10-21-19(24)18-14-12-20-9-8-15(14)22-23-18;/h5-6,11,20H,3-4,7-10,12H2,1-2H3,(H,21,24)(H,22,23);1H. The number of amides is 1. The van der Waals surface area contributed by atoms with Gasteiger partial charge in [-0.15, -0.1) is 12.4 Å². The highest BCUT2D eigenvalue weighted by atomic mass is 35.5. The largest absolute Gasteiger partial charge is 0.490 e. The van der Waals surface area contributed by atoms with Crippen LogP contribution in [0.3, 0.4) is 0 Å². The summed E-state index contributed by atoms with van der Waals surface area (Å²) < 4.78 is 11.2. The zero-order valence-electron chi connectivity index (χ0n) is 15.8. The summed E-state index contributed by atoms with van der Waals surface area (Å²) in [5.74, 6) is 1.35. The first-order valence-electron chi connectivity index (χ1n) is 9.16. The van der Waals surface area contributed by atoms with Gasteiger partial charge in [-0.1, -0.05) is 6.07 Å². The number of benzene rings is 1. The average Bonchev–Trinajstić information content (AvgIpc) is 3.08. The van der Waals surface area contributed by atoms with E-state index in [9.17, 15) is 4.79 Å². The molecule has 3 N–H and O–H groups in total. The number of halogens is 1. The molecule has 0 unspecified atom stereocenters. The molecule has 2 aromatic rings. The van der Waals surface area contributed by atoms with Crippen molar-refractivity contribution >= 4 is 18.3 Å². The number of hydrogen-bond donors (Lipinski definition) is 3. The van der Waals surface area contributed by atoms with Crippen molar-refractivity contribution in [2.45, 2.75) is 33.2 Å². The molecule has 3 rings (SSSR count). The average molecular weight is 395 g/mol. The summed E-state index contributed by atoms with van der Waals surface area (Å²) in [5, 5.41) is 13.4. The number of ether oxygens (including phenoxy) is 2. The van der Waals surface area contributed by atoms with Gasteiger partial charge in [-0.2, -0.15) is 5.10 Å². The van der Waals surface area contributed by atoms with Crippen molar-refractivity contribution < 1.29 is 14.3 Å². The van der Waals surface area contributed by atoms with Gasteiger partial charge in [0.1, 0.15) is 0 Å². The van der Waals surface area contributed by atoms with Crippen molar-refractivity contribution in [2.75, 3.05) is 26.3 Å². The molecule has 1 aliphatic rings. The third kappa shape index (κ3) is 5.14. The van der Waals surface area contributed by atoms with Gasteiger partial charge in [0.05, 0.1) is 13.2 Å². The number of nitrogens with one attached hydrogen (secondary N) is 3. The number of H-pyrrole nitrogens is 1. The van der Waals surface area contributed by atoms with Crippen LogP contribution in [0.5, 0.6) is 11.5 Å². The fourth-order valence-electron chi connectivity index (χ4n) is 3.07. The Morgan fingerprint density at radius 3 is 2.78 bits per heavy atom. The summed E-state index contributed by atoms with van der Waals surface area (Å²) in [5.41, 5.74) is 3.62. The second-order valence-electron chi connectivity index (χ2n) is 6.11. The fraction of sp³-hybridized carbons (Fsp3) is 0.474. The predicted molar refractivity (Wildman–Crippen MR) is 106 cm³/mol. The summed E-state index contributed by atoms with van der Waals surface area (Å²) >= 11 is 0. The van der Waals surface area contributed by atoms with E-state index in [0.29, 0.717) is 38.4 Å². The van der Waals surface area contributed by atoms with Crippen LogP contribution in [0.2, 0.25) is 0 Å². The molecule has 27 heavy (non-hydrogen) atoms. The highest BCUT2D eigenvalue weighted by molar-refractivity contribution is 5.94. The van der Waals surface area contributed by atoms with Crippen molar-refractivity contribution in [3.05, 3.63) is 40.7 Å². The van der Waals surface area contributed by atoms with E-state index in [-0.39, 0.29) is 18.3 Å². The second-order valence-corrected chi connectivity index (χ2v) is 6.11. The van der Waals surface area contributed by atoms with E-state index in [1.54, 1.807) is 0 Å². The Labute approximate surface area is 165 Å². The van der Waals surface area contributed by atoms with E-state index >= 15 is 0 Å². The van der Waals surface area contributed by atoms with Crippen molar-refractivity contribution in [3.63, 3.8) is 0 Å². The normalized spacial score (nSPS) is 12.7. The van der Waals surface area contributed by atoms with Crippen LogP contribution in [-0.2, 0) is 19.4 Å². The minimum atomic E-state index is -0.137. The van der Waals surface area contributed by atoms with Gasteiger partial charge in [0, 0.05) is 37.3 Å². The molecule has 0 spiro atoms. The summed E-state index contributed by atoms with van der Waals surface area (Å²) in [4.78, 5) is 12.4. The first-order chi connectivity index (χ1) is 12.7. The van der Waals surface area contributed by atoms with Gasteiger partial charge in [0.2, 0.25) is 0 Å². The summed E-state index contributed by atoms with van der Waals surface area (Å²) in [6.45, 7) is 7.20. The van der Waals surface area contributed by atoms with Crippen LogP contribution in [0, 0.1) is 0 Å². The SMILES string of the molecule is CCOc1ccc(CCNC(=O)c2n[nH]c3c2CNCC3)cc1OCC.Cl. The Morgan fingerprint density at radius 1 is 1.22 bits per heavy atom. The molecule has 0 saturated carbocycles. The topological polar surface area (TPSA) is 88.3 Å². The van der Waals surface area contributed by atoms with E-state index < -0.39 is 0 Å². The van der Waals surface area contributed by atoms with Gasteiger partial charge >= 0.3 is 0 Å². The molecule has 1 aromatic carbocycles. The highest BCUT2D eigenvalue weighted by Gasteiger charge is 2.21. The van der Waals surface area contributed by atoms with Crippen molar-refractivity contribution in [1.29, 1.82) is 0 Å². The van der Waals surface area contributed by atoms with Crippen LogP contribution in [0.4, 0.5) is 0 Å². The molecule has 1 amide bonds. The van der Waals surface area contributed by atoms with Gasteiger partial charge < -0.3 is 20.1 Å². The molecule has 2 heterocycles. The number of aromatic nitrogens is 2. The molecule has 0 atom stereocenters. The van der Waals surface area contributed by atoms with E-state index in [4.69, 9.17) is 9.47 Å². The summed E-state index contributed by atoms with van der Waals surface area (Å²) in [6, 6.07) is 5.89. The first-order valence-corrected chi connectivity index (χ1v) is 9.16. The third-order valence-electron chi connectivity index (χ3n) is 4.33. The van der Waals surface area contributed by atoms with Gasteiger partial charge in [0.15, 0.2) is 17.2 Å². The van der Waals surface area contributed by atoms with Crippen LogP contribution >= 0.6 is 12.4 Å². The minimum Gasteiger partial charge on any atom is -0.490 e. The number of hydrogen-bond acceptors (Lipinski definition) is 5. The number of carbonyl (C=O) groups is 1. The summed E-state index contributed by atoms with van der Waals surface area (Å²) in [6.07, 6.45) is 1.59. The van der Waals surface area contributed by atoms with E-state index in [1.807, 2.05) is 32.0 Å². The molecule has 0 bridgehead atoms. The lowest BCUT2D eigenvalue weighted by Gasteiger charge is -2.13. The van der Waals surface area contributed by atoms with Crippen LogP contribution < -0.4 is 20.1 Å². The quantitative estimate of drug-likeness (QED) is 0.639. The van der Waals surface area contributed by atoms with Gasteiger partial charge in [-0.3, -0.25) is 9.89 Å². The van der Waals surface area contributed by atoms with Crippen molar-refractivity contribution in [1.82, 2.24) is 20.8 Å². The molecular formula is C19H27ClN4O3. The van der Waals surface area contributed by atoms with Gasteiger partial charge in [0.25, 0.3) is 5.91 Å². The van der Waals surface area contributed by atoms with E-state index in [1.165, 1.54) is 0 Å². The highest BCUT2D eigenvalue weighted by Crippen LogP contribution is 2.28. The molecule has 0 radical (unpaired) electrons.